The SMILES string of the molecule is O=C1c2ccccc2C(=O)c2c(N=CC3C=CC=C3)cccc21. The number of hydrogen-bond acceptors (Lipinski definition) is 3. The van der Waals surface area contributed by atoms with Crippen molar-refractivity contribution in [3.63, 3.8) is 0 Å². The molecule has 0 fully saturated rings. The van der Waals surface area contributed by atoms with Gasteiger partial charge in [-0.1, -0.05) is 60.7 Å². The summed E-state index contributed by atoms with van der Waals surface area (Å²) >= 11 is 0. The molecule has 2 aromatic carbocycles. The summed E-state index contributed by atoms with van der Waals surface area (Å²) in [6, 6.07) is 12.2. The lowest BCUT2D eigenvalue weighted by molar-refractivity contribution is 0.0979. The molecule has 0 radical (unpaired) electrons. The summed E-state index contributed by atoms with van der Waals surface area (Å²) in [7, 11) is 0. The molecule has 0 saturated carbocycles. The van der Waals surface area contributed by atoms with E-state index in [-0.39, 0.29) is 17.5 Å². The van der Waals surface area contributed by atoms with Crippen molar-refractivity contribution < 1.29 is 9.59 Å². The van der Waals surface area contributed by atoms with E-state index in [0.29, 0.717) is 27.9 Å². The normalized spacial score (nSPS) is 16.2. The number of nitrogens with zero attached hydrogens (tertiary/aromatic N) is 1. The minimum absolute atomic E-state index is 0.118. The van der Waals surface area contributed by atoms with E-state index in [4.69, 9.17) is 0 Å². The van der Waals surface area contributed by atoms with Crippen molar-refractivity contribution in [1.82, 2.24) is 0 Å². The second-order valence-electron chi connectivity index (χ2n) is 5.53. The van der Waals surface area contributed by atoms with Gasteiger partial charge in [0.1, 0.15) is 0 Å². The summed E-state index contributed by atoms with van der Waals surface area (Å²) in [6.45, 7) is 0. The zero-order chi connectivity index (χ0) is 15.8. The Labute approximate surface area is 133 Å². The lowest BCUT2D eigenvalue weighted by atomic mass is 9.83. The number of carbonyl (C=O) groups excluding carboxylic acids is 2. The Kier molecular flexibility index (Phi) is 3.12. The number of benzene rings is 2. The number of ketones is 2. The molecule has 4 rings (SSSR count). The second kappa shape index (κ2) is 5.29. The van der Waals surface area contributed by atoms with Crippen molar-refractivity contribution >= 4 is 23.5 Å². The Morgan fingerprint density at radius 3 is 2.17 bits per heavy atom. The van der Waals surface area contributed by atoms with Crippen molar-refractivity contribution in [2.75, 3.05) is 0 Å². The standard InChI is InChI=1S/C20H13NO2/c22-19-14-8-3-4-9-15(14)20(23)18-16(19)10-5-11-17(18)21-12-13-6-1-2-7-13/h1-13H. The van der Waals surface area contributed by atoms with Crippen molar-refractivity contribution in [3.05, 3.63) is 89.0 Å². The van der Waals surface area contributed by atoms with E-state index in [0.717, 1.165) is 0 Å². The molecule has 0 bridgehead atoms. The van der Waals surface area contributed by atoms with Crippen LogP contribution in [0.5, 0.6) is 0 Å². The monoisotopic (exact) mass is 299 g/mol. The van der Waals surface area contributed by atoms with E-state index in [1.54, 1.807) is 48.7 Å². The van der Waals surface area contributed by atoms with Gasteiger partial charge >= 0.3 is 0 Å². The molecule has 0 spiro atoms. The Morgan fingerprint density at radius 2 is 1.43 bits per heavy atom. The Bertz CT molecular complexity index is 907. The van der Waals surface area contributed by atoms with Gasteiger partial charge in [-0.25, -0.2) is 0 Å². The highest BCUT2D eigenvalue weighted by Crippen LogP contribution is 2.33. The molecule has 0 aromatic heterocycles. The lowest BCUT2D eigenvalue weighted by Gasteiger charge is -2.18. The highest BCUT2D eigenvalue weighted by molar-refractivity contribution is 6.30. The second-order valence-corrected chi connectivity index (χ2v) is 5.53. The van der Waals surface area contributed by atoms with E-state index in [1.807, 2.05) is 24.3 Å². The van der Waals surface area contributed by atoms with Gasteiger partial charge in [-0.05, 0) is 6.07 Å². The Morgan fingerprint density at radius 1 is 0.783 bits per heavy atom. The number of hydrogen-bond donors (Lipinski definition) is 0. The lowest BCUT2D eigenvalue weighted by Crippen LogP contribution is -2.20. The minimum Gasteiger partial charge on any atom is -0.289 e. The van der Waals surface area contributed by atoms with Crippen LogP contribution in [-0.4, -0.2) is 17.8 Å². The van der Waals surface area contributed by atoms with E-state index >= 15 is 0 Å². The van der Waals surface area contributed by atoms with Gasteiger partial charge in [-0.15, -0.1) is 0 Å². The van der Waals surface area contributed by atoms with Gasteiger partial charge in [0, 0.05) is 28.8 Å². The third-order valence-electron chi connectivity index (χ3n) is 4.09. The first kappa shape index (κ1) is 13.6. The fourth-order valence-electron chi connectivity index (χ4n) is 2.95. The third kappa shape index (κ3) is 2.18. The van der Waals surface area contributed by atoms with Crippen molar-refractivity contribution in [1.29, 1.82) is 0 Å². The first-order valence-corrected chi connectivity index (χ1v) is 7.46. The molecular formula is C20H13NO2. The highest BCUT2D eigenvalue weighted by atomic mass is 16.1. The third-order valence-corrected chi connectivity index (χ3v) is 4.09. The summed E-state index contributed by atoms with van der Waals surface area (Å²) in [5.74, 6) is -0.124. The summed E-state index contributed by atoms with van der Waals surface area (Å²) in [6.07, 6.45) is 9.74. The number of allylic oxidation sites excluding steroid dienone is 4. The Hall–Kier alpha value is -3.07. The highest BCUT2D eigenvalue weighted by Gasteiger charge is 2.31. The van der Waals surface area contributed by atoms with E-state index < -0.39 is 0 Å². The van der Waals surface area contributed by atoms with Crippen molar-refractivity contribution in [2.24, 2.45) is 10.9 Å². The summed E-state index contributed by atoms with van der Waals surface area (Å²) in [5, 5.41) is 0. The number of aliphatic imine (C=N–C) groups is 1. The molecule has 3 heteroatoms. The van der Waals surface area contributed by atoms with Gasteiger partial charge in [0.15, 0.2) is 11.6 Å². The topological polar surface area (TPSA) is 46.5 Å². The number of carbonyl (C=O) groups is 2. The molecule has 0 unspecified atom stereocenters. The van der Waals surface area contributed by atoms with Gasteiger partial charge < -0.3 is 0 Å². The molecule has 0 heterocycles. The molecule has 2 aliphatic rings. The Balaban J connectivity index is 1.83. The molecule has 23 heavy (non-hydrogen) atoms. The number of fused-ring (bicyclic) bond motifs is 2. The van der Waals surface area contributed by atoms with Gasteiger partial charge in [-0.3, -0.25) is 14.6 Å². The average molecular weight is 299 g/mol. The van der Waals surface area contributed by atoms with Crippen LogP contribution in [0.15, 0.2) is 71.8 Å². The minimum atomic E-state index is -0.138. The zero-order valence-corrected chi connectivity index (χ0v) is 12.3. The summed E-state index contributed by atoms with van der Waals surface area (Å²) in [4.78, 5) is 29.9. The molecule has 3 nitrogen and oxygen atoms in total. The molecular weight excluding hydrogens is 286 g/mol. The molecule has 0 saturated heterocycles. The predicted molar refractivity (Wildman–Crippen MR) is 89.7 cm³/mol. The smallest absolute Gasteiger partial charge is 0.196 e. The van der Waals surface area contributed by atoms with Crippen LogP contribution in [0.3, 0.4) is 0 Å². The van der Waals surface area contributed by atoms with E-state index in [1.165, 1.54) is 0 Å². The maximum atomic E-state index is 12.8. The van der Waals surface area contributed by atoms with Crippen LogP contribution in [0.2, 0.25) is 0 Å². The summed E-state index contributed by atoms with van der Waals surface area (Å²) in [5.41, 5.74) is 2.30. The van der Waals surface area contributed by atoms with Crippen LogP contribution in [-0.2, 0) is 0 Å². The van der Waals surface area contributed by atoms with Gasteiger partial charge in [0.2, 0.25) is 0 Å². The van der Waals surface area contributed by atoms with Crippen LogP contribution >= 0.6 is 0 Å². The summed E-state index contributed by atoms with van der Waals surface area (Å²) < 4.78 is 0. The van der Waals surface area contributed by atoms with Crippen LogP contribution in [0.4, 0.5) is 5.69 Å². The van der Waals surface area contributed by atoms with Crippen LogP contribution in [0.25, 0.3) is 0 Å². The van der Waals surface area contributed by atoms with E-state index in [9.17, 15) is 9.59 Å². The van der Waals surface area contributed by atoms with Gasteiger partial charge in [-0.2, -0.15) is 0 Å². The van der Waals surface area contributed by atoms with Crippen molar-refractivity contribution in [2.45, 2.75) is 0 Å². The largest absolute Gasteiger partial charge is 0.289 e. The molecule has 2 aliphatic carbocycles. The molecule has 2 aromatic rings. The fourth-order valence-corrected chi connectivity index (χ4v) is 2.95. The van der Waals surface area contributed by atoms with E-state index in [2.05, 4.69) is 4.99 Å². The maximum absolute atomic E-state index is 12.8. The first-order chi connectivity index (χ1) is 11.3. The van der Waals surface area contributed by atoms with Crippen LogP contribution < -0.4 is 0 Å². The van der Waals surface area contributed by atoms with Crippen LogP contribution in [0, 0.1) is 5.92 Å². The first-order valence-electron chi connectivity index (χ1n) is 7.46. The van der Waals surface area contributed by atoms with Gasteiger partial charge in [0.05, 0.1) is 11.3 Å². The van der Waals surface area contributed by atoms with Crippen molar-refractivity contribution in [3.8, 4) is 0 Å². The molecule has 0 aliphatic heterocycles. The zero-order valence-electron chi connectivity index (χ0n) is 12.3. The molecule has 110 valence electrons. The van der Waals surface area contributed by atoms with Gasteiger partial charge in [0.25, 0.3) is 0 Å². The molecule has 0 amide bonds. The quantitative estimate of drug-likeness (QED) is 0.674. The average Bonchev–Trinajstić information content (AvgIpc) is 3.11. The fraction of sp³-hybridized carbons (Fsp3) is 0.0500. The maximum Gasteiger partial charge on any atom is 0.196 e. The molecule has 0 atom stereocenters. The van der Waals surface area contributed by atoms with Crippen LogP contribution in [0.1, 0.15) is 31.8 Å². The molecule has 0 N–H and O–H groups in total. The predicted octanol–water partition coefficient (Wildman–Crippen LogP) is 3.91. The number of rotatable bonds is 2.